The summed E-state index contributed by atoms with van der Waals surface area (Å²) < 4.78 is 13.8. The molecule has 1 N–H and O–H groups in total. The second kappa shape index (κ2) is 7.56. The molecule has 3 aliphatic heterocycles. The van der Waals surface area contributed by atoms with Crippen LogP contribution in [0.2, 0.25) is 0 Å². The average Bonchev–Trinajstić information content (AvgIpc) is 3.40. The molecule has 1 amide bonds. The van der Waals surface area contributed by atoms with E-state index in [2.05, 4.69) is 41.9 Å². The summed E-state index contributed by atoms with van der Waals surface area (Å²) in [5.41, 5.74) is 8.59. The summed E-state index contributed by atoms with van der Waals surface area (Å²) in [4.78, 5) is 20.3. The van der Waals surface area contributed by atoms with Crippen LogP contribution in [-0.4, -0.2) is 42.0 Å². The zero-order valence-electron chi connectivity index (χ0n) is 19.4. The van der Waals surface area contributed by atoms with E-state index in [1.54, 1.807) is 6.07 Å². The molecule has 0 saturated carbocycles. The van der Waals surface area contributed by atoms with Gasteiger partial charge in [-0.2, -0.15) is 0 Å². The minimum absolute atomic E-state index is 0.0976. The van der Waals surface area contributed by atoms with Crippen LogP contribution in [0.3, 0.4) is 0 Å². The largest absolute Gasteiger partial charge is 0.361 e. The Kier molecular flexibility index (Phi) is 4.73. The SMILES string of the molecule is CC1(C)CC(=O)N2CCc3cc(CCN4CC=C(c5c[nH]c6ccc(F)cc56)CC4)cc1c32. The second-order valence-electron chi connectivity index (χ2n) is 10.4. The Hall–Kier alpha value is -2.92. The number of halogens is 1. The highest BCUT2D eigenvalue weighted by atomic mass is 19.1. The molecular weight excluding hydrogens is 413 g/mol. The Labute approximate surface area is 194 Å². The third kappa shape index (κ3) is 3.50. The maximum absolute atomic E-state index is 13.8. The molecule has 33 heavy (non-hydrogen) atoms. The molecule has 3 aliphatic rings. The number of carbonyl (C=O) groups excluding carboxylic acids is 1. The standard InChI is InChI=1S/C28H30FN3O/c1-28(2)16-26(33)32-12-8-20-13-18(14-24(28)27(20)32)5-9-31-10-6-19(7-11-31)23-17-30-25-4-3-21(29)15-22(23)25/h3-4,6,13-15,17,30H,5,7-12,16H2,1-2H3. The van der Waals surface area contributed by atoms with Crippen molar-refractivity contribution in [2.45, 2.75) is 44.9 Å². The lowest BCUT2D eigenvalue weighted by Gasteiger charge is -2.37. The third-order valence-electron chi connectivity index (χ3n) is 7.75. The van der Waals surface area contributed by atoms with Crippen molar-refractivity contribution in [3.05, 3.63) is 70.7 Å². The molecule has 4 nitrogen and oxygen atoms in total. The van der Waals surface area contributed by atoms with Crippen molar-refractivity contribution in [1.29, 1.82) is 0 Å². The topological polar surface area (TPSA) is 39.3 Å². The first-order valence-electron chi connectivity index (χ1n) is 12.0. The molecule has 0 saturated heterocycles. The van der Waals surface area contributed by atoms with Crippen LogP contribution in [0.15, 0.2) is 42.6 Å². The van der Waals surface area contributed by atoms with Crippen molar-refractivity contribution in [2.75, 3.05) is 31.1 Å². The van der Waals surface area contributed by atoms with Crippen LogP contribution in [0.5, 0.6) is 0 Å². The minimum Gasteiger partial charge on any atom is -0.361 e. The number of nitrogens with zero attached hydrogens (tertiary/aromatic N) is 2. The number of amides is 1. The van der Waals surface area contributed by atoms with Crippen LogP contribution in [0.4, 0.5) is 10.1 Å². The number of hydrogen-bond acceptors (Lipinski definition) is 2. The van der Waals surface area contributed by atoms with Crippen molar-refractivity contribution in [3.8, 4) is 0 Å². The quantitative estimate of drug-likeness (QED) is 0.601. The summed E-state index contributed by atoms with van der Waals surface area (Å²) in [6.07, 6.45) is 7.88. The van der Waals surface area contributed by atoms with Crippen LogP contribution in [0.25, 0.3) is 16.5 Å². The molecule has 1 aromatic heterocycles. The minimum atomic E-state index is -0.189. The van der Waals surface area contributed by atoms with Gasteiger partial charge in [0.2, 0.25) is 5.91 Å². The average molecular weight is 444 g/mol. The van der Waals surface area contributed by atoms with E-state index in [0.29, 0.717) is 6.42 Å². The van der Waals surface area contributed by atoms with Gasteiger partial charge < -0.3 is 9.88 Å². The molecule has 0 atom stereocenters. The van der Waals surface area contributed by atoms with Gasteiger partial charge in [-0.15, -0.1) is 0 Å². The number of nitrogens with one attached hydrogen (secondary N) is 1. The molecule has 0 radical (unpaired) electrons. The molecule has 3 aromatic rings. The van der Waals surface area contributed by atoms with E-state index in [4.69, 9.17) is 0 Å². The van der Waals surface area contributed by atoms with Gasteiger partial charge in [-0.1, -0.05) is 32.1 Å². The normalized spacial score (nSPS) is 19.8. The van der Waals surface area contributed by atoms with Crippen molar-refractivity contribution >= 4 is 28.1 Å². The summed E-state index contributed by atoms with van der Waals surface area (Å²) in [6, 6.07) is 9.63. The van der Waals surface area contributed by atoms with Gasteiger partial charge in [0.05, 0.1) is 5.69 Å². The van der Waals surface area contributed by atoms with Gasteiger partial charge >= 0.3 is 0 Å². The number of hydrogen-bond donors (Lipinski definition) is 1. The number of aromatic nitrogens is 1. The molecule has 2 aromatic carbocycles. The molecule has 170 valence electrons. The summed E-state index contributed by atoms with van der Waals surface area (Å²) >= 11 is 0. The van der Waals surface area contributed by atoms with Crippen LogP contribution >= 0.6 is 0 Å². The summed E-state index contributed by atoms with van der Waals surface area (Å²) in [7, 11) is 0. The van der Waals surface area contributed by atoms with Crippen molar-refractivity contribution in [2.24, 2.45) is 0 Å². The Morgan fingerprint density at radius 2 is 2.00 bits per heavy atom. The van der Waals surface area contributed by atoms with E-state index in [1.165, 1.54) is 34.0 Å². The summed E-state index contributed by atoms with van der Waals surface area (Å²) in [5.74, 6) is 0.0817. The van der Waals surface area contributed by atoms with Crippen LogP contribution < -0.4 is 4.90 Å². The van der Waals surface area contributed by atoms with Crippen LogP contribution in [0.1, 0.15) is 48.9 Å². The van der Waals surface area contributed by atoms with Gasteiger partial charge in [-0.05, 0) is 59.7 Å². The van der Waals surface area contributed by atoms with E-state index in [9.17, 15) is 9.18 Å². The fourth-order valence-corrected chi connectivity index (χ4v) is 5.90. The fraction of sp³-hybridized carbons (Fsp3) is 0.393. The zero-order chi connectivity index (χ0) is 22.7. The molecule has 5 heteroatoms. The molecule has 0 spiro atoms. The lowest BCUT2D eigenvalue weighted by molar-refractivity contribution is -0.120. The number of aromatic amines is 1. The highest BCUT2D eigenvalue weighted by Gasteiger charge is 2.40. The summed E-state index contributed by atoms with van der Waals surface area (Å²) in [6.45, 7) is 8.19. The second-order valence-corrected chi connectivity index (χ2v) is 10.4. The highest BCUT2D eigenvalue weighted by molar-refractivity contribution is 6.00. The number of anilines is 1. The van der Waals surface area contributed by atoms with E-state index < -0.39 is 0 Å². The Morgan fingerprint density at radius 3 is 2.82 bits per heavy atom. The van der Waals surface area contributed by atoms with Gasteiger partial charge in [0, 0.05) is 60.7 Å². The Bertz CT molecular complexity index is 1300. The maximum Gasteiger partial charge on any atom is 0.227 e. The predicted octanol–water partition coefficient (Wildman–Crippen LogP) is 5.21. The molecule has 0 aliphatic carbocycles. The molecule has 6 rings (SSSR count). The first kappa shape index (κ1) is 20.7. The smallest absolute Gasteiger partial charge is 0.227 e. The number of benzene rings is 2. The van der Waals surface area contributed by atoms with Gasteiger partial charge in [0.15, 0.2) is 0 Å². The third-order valence-corrected chi connectivity index (χ3v) is 7.75. The van der Waals surface area contributed by atoms with E-state index >= 15 is 0 Å². The van der Waals surface area contributed by atoms with Gasteiger partial charge in [0.25, 0.3) is 0 Å². The fourth-order valence-electron chi connectivity index (χ4n) is 5.90. The van der Waals surface area contributed by atoms with Crippen LogP contribution in [-0.2, 0) is 23.1 Å². The predicted molar refractivity (Wildman–Crippen MR) is 131 cm³/mol. The van der Waals surface area contributed by atoms with Crippen molar-refractivity contribution < 1.29 is 9.18 Å². The Morgan fingerprint density at radius 1 is 1.12 bits per heavy atom. The van der Waals surface area contributed by atoms with E-state index in [-0.39, 0.29) is 17.1 Å². The number of H-pyrrole nitrogens is 1. The molecule has 4 heterocycles. The Balaban J connectivity index is 1.17. The zero-order valence-corrected chi connectivity index (χ0v) is 19.4. The van der Waals surface area contributed by atoms with Crippen molar-refractivity contribution in [1.82, 2.24) is 9.88 Å². The van der Waals surface area contributed by atoms with Crippen LogP contribution in [0, 0.1) is 5.82 Å². The summed E-state index contributed by atoms with van der Waals surface area (Å²) in [5, 5.41) is 0.969. The van der Waals surface area contributed by atoms with E-state index in [0.717, 1.165) is 61.9 Å². The number of rotatable bonds is 4. The number of fused-ring (bicyclic) bond motifs is 1. The maximum atomic E-state index is 13.8. The first-order valence-corrected chi connectivity index (χ1v) is 12.0. The monoisotopic (exact) mass is 443 g/mol. The molecular formula is C28H30FN3O. The van der Waals surface area contributed by atoms with Gasteiger partial charge in [-0.25, -0.2) is 4.39 Å². The number of carbonyl (C=O) groups is 1. The van der Waals surface area contributed by atoms with Gasteiger partial charge in [0.1, 0.15) is 5.82 Å². The van der Waals surface area contributed by atoms with Crippen molar-refractivity contribution in [3.63, 3.8) is 0 Å². The van der Waals surface area contributed by atoms with E-state index in [1.807, 2.05) is 17.2 Å². The molecule has 0 fully saturated rings. The lowest BCUT2D eigenvalue weighted by Crippen LogP contribution is -2.40. The first-order chi connectivity index (χ1) is 15.9. The molecule has 0 unspecified atom stereocenters. The molecule has 0 bridgehead atoms. The highest BCUT2D eigenvalue weighted by Crippen LogP contribution is 2.45. The lowest BCUT2D eigenvalue weighted by atomic mass is 9.76. The van der Waals surface area contributed by atoms with Gasteiger partial charge in [-0.3, -0.25) is 9.69 Å².